The van der Waals surface area contributed by atoms with E-state index in [1.807, 2.05) is 65.0 Å². The van der Waals surface area contributed by atoms with E-state index >= 15 is 0 Å². The first-order valence-electron chi connectivity index (χ1n) is 10.7. The van der Waals surface area contributed by atoms with Crippen LogP contribution in [-0.4, -0.2) is 58.0 Å². The van der Waals surface area contributed by atoms with E-state index in [-0.39, 0.29) is 18.0 Å². The zero-order valence-corrected chi connectivity index (χ0v) is 19.1. The minimum absolute atomic E-state index is 0.0692. The maximum absolute atomic E-state index is 12.7. The van der Waals surface area contributed by atoms with E-state index in [0.29, 0.717) is 12.4 Å². The molecule has 1 fully saturated rings. The van der Waals surface area contributed by atoms with Gasteiger partial charge in [-0.05, 0) is 59.6 Å². The van der Waals surface area contributed by atoms with E-state index in [2.05, 4.69) is 20.6 Å². The van der Waals surface area contributed by atoms with Gasteiger partial charge in [-0.2, -0.15) is 5.10 Å². The number of hydrogen-bond acceptors (Lipinski definition) is 5. The zero-order chi connectivity index (χ0) is 22.6. The monoisotopic (exact) mass is 427 g/mol. The third-order valence-electron chi connectivity index (χ3n) is 5.05. The number of rotatable bonds is 5. The molecule has 1 aliphatic rings. The number of anilines is 1. The number of nitrogens with one attached hydrogen (secondary N) is 2. The second-order valence-corrected chi connectivity index (χ2v) is 9.16. The molecule has 1 aromatic carbocycles. The molecule has 2 N–H and O–H groups in total. The Morgan fingerprint density at radius 1 is 1.13 bits per heavy atom. The minimum Gasteiger partial charge on any atom is -0.444 e. The molecular formula is C23H33N5O3. The van der Waals surface area contributed by atoms with E-state index in [1.54, 1.807) is 4.68 Å². The van der Waals surface area contributed by atoms with Crippen LogP contribution >= 0.6 is 0 Å². The zero-order valence-electron chi connectivity index (χ0n) is 19.1. The second-order valence-electron chi connectivity index (χ2n) is 9.16. The summed E-state index contributed by atoms with van der Waals surface area (Å²) in [7, 11) is 0. The van der Waals surface area contributed by atoms with Crippen molar-refractivity contribution in [3.05, 3.63) is 41.6 Å². The number of nitrogens with zero attached hydrogens (tertiary/aromatic N) is 3. The van der Waals surface area contributed by atoms with Crippen LogP contribution < -0.4 is 10.6 Å². The first-order chi connectivity index (χ1) is 14.6. The average Bonchev–Trinajstić information content (AvgIpc) is 3.02. The lowest BCUT2D eigenvalue weighted by atomic mass is 10.1. The first kappa shape index (κ1) is 22.8. The molecule has 2 amide bonds. The number of aryl methyl sites for hydroxylation is 2. The number of likely N-dealkylation sites (tertiary alicyclic amines) is 1. The molecule has 1 aromatic heterocycles. The van der Waals surface area contributed by atoms with Crippen LogP contribution in [0.4, 0.5) is 10.6 Å². The number of benzene rings is 1. The molecule has 8 nitrogen and oxygen atoms in total. The summed E-state index contributed by atoms with van der Waals surface area (Å²) in [5.74, 6) is 0.583. The van der Waals surface area contributed by atoms with Crippen LogP contribution in [0, 0.1) is 13.8 Å². The van der Waals surface area contributed by atoms with Crippen molar-refractivity contribution >= 4 is 17.8 Å². The smallest absolute Gasteiger partial charge is 0.407 e. The highest BCUT2D eigenvalue weighted by atomic mass is 16.6. The molecule has 8 heteroatoms. The fraction of sp³-hybridized carbons (Fsp3) is 0.522. The van der Waals surface area contributed by atoms with Crippen LogP contribution in [0.3, 0.4) is 0 Å². The molecule has 0 bridgehead atoms. The number of piperidine rings is 1. The number of ether oxygens (including phenoxy) is 1. The SMILES string of the molecule is Cc1ccc(-n2nc(C)cc2NC(=O)CN2CCC(NC(=O)OC(C)(C)C)CC2)cc1. The number of carbonyl (C=O) groups excluding carboxylic acids is 2. The number of amides is 2. The largest absolute Gasteiger partial charge is 0.444 e. The Hall–Kier alpha value is -2.87. The summed E-state index contributed by atoms with van der Waals surface area (Å²) in [6.45, 7) is 11.3. The third-order valence-corrected chi connectivity index (χ3v) is 5.05. The molecule has 0 aliphatic carbocycles. The van der Waals surface area contributed by atoms with Crippen LogP contribution in [0.1, 0.15) is 44.9 Å². The highest BCUT2D eigenvalue weighted by Gasteiger charge is 2.24. The fourth-order valence-electron chi connectivity index (χ4n) is 3.57. The van der Waals surface area contributed by atoms with Gasteiger partial charge in [0, 0.05) is 25.2 Å². The molecule has 1 saturated heterocycles. The van der Waals surface area contributed by atoms with Crippen molar-refractivity contribution in [3.8, 4) is 5.69 Å². The lowest BCUT2D eigenvalue weighted by Gasteiger charge is -2.32. The molecule has 3 rings (SSSR count). The Morgan fingerprint density at radius 2 is 1.77 bits per heavy atom. The Kier molecular flexibility index (Phi) is 7.00. The van der Waals surface area contributed by atoms with Crippen LogP contribution in [0.25, 0.3) is 5.69 Å². The number of alkyl carbamates (subject to hydrolysis) is 1. The van der Waals surface area contributed by atoms with Gasteiger partial charge < -0.3 is 15.4 Å². The van der Waals surface area contributed by atoms with E-state index in [0.717, 1.165) is 37.3 Å². The molecule has 1 aliphatic heterocycles. The molecule has 0 unspecified atom stereocenters. The molecule has 0 radical (unpaired) electrons. The number of hydrogen-bond donors (Lipinski definition) is 2. The normalized spacial score (nSPS) is 15.5. The van der Waals surface area contributed by atoms with Crippen molar-refractivity contribution < 1.29 is 14.3 Å². The highest BCUT2D eigenvalue weighted by Crippen LogP contribution is 2.18. The van der Waals surface area contributed by atoms with Gasteiger partial charge in [-0.3, -0.25) is 9.69 Å². The van der Waals surface area contributed by atoms with Gasteiger partial charge in [-0.25, -0.2) is 9.48 Å². The van der Waals surface area contributed by atoms with Crippen LogP contribution in [0.5, 0.6) is 0 Å². The second kappa shape index (κ2) is 9.51. The maximum atomic E-state index is 12.7. The van der Waals surface area contributed by atoms with Gasteiger partial charge in [0.25, 0.3) is 0 Å². The van der Waals surface area contributed by atoms with Gasteiger partial charge in [0.2, 0.25) is 5.91 Å². The van der Waals surface area contributed by atoms with Crippen LogP contribution in [0.15, 0.2) is 30.3 Å². The van der Waals surface area contributed by atoms with Crippen LogP contribution in [0.2, 0.25) is 0 Å². The molecule has 0 atom stereocenters. The summed E-state index contributed by atoms with van der Waals surface area (Å²) in [4.78, 5) is 26.7. The summed E-state index contributed by atoms with van der Waals surface area (Å²) in [5.41, 5.74) is 2.41. The van der Waals surface area contributed by atoms with Crippen LogP contribution in [-0.2, 0) is 9.53 Å². The van der Waals surface area contributed by atoms with Gasteiger partial charge >= 0.3 is 6.09 Å². The summed E-state index contributed by atoms with van der Waals surface area (Å²) in [6, 6.07) is 9.95. The van der Waals surface area contributed by atoms with Crippen molar-refractivity contribution in [3.63, 3.8) is 0 Å². The Balaban J connectivity index is 1.50. The average molecular weight is 428 g/mol. The Labute approximate surface area is 183 Å². The summed E-state index contributed by atoms with van der Waals surface area (Å²) in [5, 5.41) is 10.4. The van der Waals surface area contributed by atoms with E-state index in [4.69, 9.17) is 4.74 Å². The number of aromatic nitrogens is 2. The van der Waals surface area contributed by atoms with Crippen molar-refractivity contribution in [2.75, 3.05) is 25.0 Å². The quantitative estimate of drug-likeness (QED) is 0.763. The standard InChI is InChI=1S/C23H33N5O3/c1-16-6-8-19(9-7-16)28-20(14-17(2)26-28)25-21(29)15-27-12-10-18(11-13-27)24-22(30)31-23(3,4)5/h6-9,14,18H,10-13,15H2,1-5H3,(H,24,30)(H,25,29). The summed E-state index contributed by atoms with van der Waals surface area (Å²) < 4.78 is 7.07. The van der Waals surface area contributed by atoms with E-state index in [1.165, 1.54) is 5.56 Å². The third kappa shape index (κ3) is 6.82. The summed E-state index contributed by atoms with van der Waals surface area (Å²) in [6.07, 6.45) is 1.18. The lowest BCUT2D eigenvalue weighted by Crippen LogP contribution is -2.47. The fourth-order valence-corrected chi connectivity index (χ4v) is 3.57. The maximum Gasteiger partial charge on any atom is 0.407 e. The van der Waals surface area contributed by atoms with E-state index < -0.39 is 5.60 Å². The predicted octanol–water partition coefficient (Wildman–Crippen LogP) is 3.42. The Morgan fingerprint density at radius 3 is 2.39 bits per heavy atom. The lowest BCUT2D eigenvalue weighted by molar-refractivity contribution is -0.117. The summed E-state index contributed by atoms with van der Waals surface area (Å²) >= 11 is 0. The van der Waals surface area contributed by atoms with Gasteiger partial charge in [0.1, 0.15) is 11.4 Å². The molecular weight excluding hydrogens is 394 g/mol. The number of carbonyl (C=O) groups is 2. The van der Waals surface area contributed by atoms with Crippen molar-refractivity contribution in [1.82, 2.24) is 20.0 Å². The van der Waals surface area contributed by atoms with Crippen molar-refractivity contribution in [1.29, 1.82) is 0 Å². The molecule has 168 valence electrons. The first-order valence-corrected chi connectivity index (χ1v) is 10.7. The highest BCUT2D eigenvalue weighted by molar-refractivity contribution is 5.91. The van der Waals surface area contributed by atoms with Gasteiger partial charge in [-0.1, -0.05) is 17.7 Å². The topological polar surface area (TPSA) is 88.5 Å². The molecule has 31 heavy (non-hydrogen) atoms. The molecule has 0 saturated carbocycles. The molecule has 2 heterocycles. The molecule has 2 aromatic rings. The minimum atomic E-state index is -0.508. The van der Waals surface area contributed by atoms with Gasteiger partial charge in [0.15, 0.2) is 0 Å². The van der Waals surface area contributed by atoms with E-state index in [9.17, 15) is 9.59 Å². The van der Waals surface area contributed by atoms with Crippen molar-refractivity contribution in [2.45, 2.75) is 59.1 Å². The Bertz CT molecular complexity index is 906. The molecule has 0 spiro atoms. The van der Waals surface area contributed by atoms with Crippen molar-refractivity contribution in [2.24, 2.45) is 0 Å². The predicted molar refractivity (Wildman–Crippen MR) is 120 cm³/mol. The van der Waals surface area contributed by atoms with Gasteiger partial charge in [0.05, 0.1) is 17.9 Å². The van der Waals surface area contributed by atoms with Gasteiger partial charge in [-0.15, -0.1) is 0 Å².